The molecule has 0 spiro atoms. The quantitative estimate of drug-likeness (QED) is 0.916. The minimum atomic E-state index is -0.123. The van der Waals surface area contributed by atoms with E-state index in [0.29, 0.717) is 13.1 Å². The van der Waals surface area contributed by atoms with Crippen LogP contribution in [0.2, 0.25) is 0 Å². The Kier molecular flexibility index (Phi) is 4.93. The molecule has 0 bridgehead atoms. The maximum atomic E-state index is 12.2. The van der Waals surface area contributed by atoms with Crippen molar-refractivity contribution in [2.45, 2.75) is 19.6 Å². The second-order valence-electron chi connectivity index (χ2n) is 5.92. The van der Waals surface area contributed by atoms with Gasteiger partial charge in [0.25, 0.3) is 0 Å². The summed E-state index contributed by atoms with van der Waals surface area (Å²) in [6.07, 6.45) is 3.17. The van der Waals surface area contributed by atoms with Gasteiger partial charge in [-0.3, -0.25) is 0 Å². The number of carbonyl (C=O) groups is 1. The first kappa shape index (κ1) is 16.2. The Hall–Kier alpha value is -2.63. The van der Waals surface area contributed by atoms with Crippen molar-refractivity contribution < 1.29 is 13.9 Å². The summed E-state index contributed by atoms with van der Waals surface area (Å²) in [4.78, 5) is 16.2. The van der Waals surface area contributed by atoms with Crippen LogP contribution in [0, 0.1) is 0 Å². The summed E-state index contributed by atoms with van der Waals surface area (Å²) in [6, 6.07) is 9.73. The van der Waals surface area contributed by atoms with Crippen molar-refractivity contribution in [1.29, 1.82) is 0 Å². The Morgan fingerprint density at radius 1 is 1.38 bits per heavy atom. The van der Waals surface area contributed by atoms with Gasteiger partial charge in [0.15, 0.2) is 0 Å². The van der Waals surface area contributed by atoms with Gasteiger partial charge in [-0.2, -0.15) is 0 Å². The number of nitrogens with zero attached hydrogens (tertiary/aromatic N) is 2. The molecule has 0 fully saturated rings. The largest absolute Gasteiger partial charge is 0.485 e. The van der Waals surface area contributed by atoms with E-state index in [2.05, 4.69) is 23.2 Å². The van der Waals surface area contributed by atoms with Crippen LogP contribution < -0.4 is 15.0 Å². The zero-order valence-corrected chi connectivity index (χ0v) is 14.1. The van der Waals surface area contributed by atoms with Crippen LogP contribution in [0.5, 0.6) is 5.75 Å². The minimum absolute atomic E-state index is 0.0514. The van der Waals surface area contributed by atoms with Crippen molar-refractivity contribution in [3.8, 4) is 5.75 Å². The number of ether oxygens (including phenoxy) is 1. The van der Waals surface area contributed by atoms with Crippen molar-refractivity contribution >= 4 is 11.7 Å². The highest BCUT2D eigenvalue weighted by molar-refractivity contribution is 5.74. The lowest BCUT2D eigenvalue weighted by molar-refractivity contribution is 0.145. The van der Waals surface area contributed by atoms with E-state index in [-0.39, 0.29) is 12.1 Å². The SMILES string of the molecule is CCN1C[C@H](CN(C)C(=O)NCc2ccoc2)Oc2ccccc21. The molecule has 3 rings (SSSR count). The van der Waals surface area contributed by atoms with E-state index in [9.17, 15) is 4.79 Å². The van der Waals surface area contributed by atoms with Crippen molar-refractivity contribution in [2.75, 3.05) is 31.6 Å². The highest BCUT2D eigenvalue weighted by Crippen LogP contribution is 2.32. The number of fused-ring (bicyclic) bond motifs is 1. The molecule has 24 heavy (non-hydrogen) atoms. The molecule has 1 aliphatic heterocycles. The lowest BCUT2D eigenvalue weighted by Crippen LogP contribution is -2.48. The fraction of sp³-hybridized carbons (Fsp3) is 0.389. The topological polar surface area (TPSA) is 58.0 Å². The molecule has 1 atom stereocenters. The Labute approximate surface area is 142 Å². The van der Waals surface area contributed by atoms with Gasteiger partial charge in [0.05, 0.1) is 31.3 Å². The fourth-order valence-electron chi connectivity index (χ4n) is 2.87. The van der Waals surface area contributed by atoms with Gasteiger partial charge in [-0.15, -0.1) is 0 Å². The zero-order chi connectivity index (χ0) is 16.9. The molecule has 1 aromatic carbocycles. The van der Waals surface area contributed by atoms with Gasteiger partial charge in [-0.05, 0) is 25.1 Å². The third-order valence-electron chi connectivity index (χ3n) is 4.15. The monoisotopic (exact) mass is 329 g/mol. The molecule has 0 radical (unpaired) electrons. The molecule has 1 N–H and O–H groups in total. The van der Waals surface area contributed by atoms with Gasteiger partial charge in [0, 0.05) is 25.7 Å². The summed E-state index contributed by atoms with van der Waals surface area (Å²) in [7, 11) is 1.78. The molecule has 2 aromatic rings. The zero-order valence-electron chi connectivity index (χ0n) is 14.1. The van der Waals surface area contributed by atoms with Crippen LogP contribution in [-0.4, -0.2) is 43.7 Å². The van der Waals surface area contributed by atoms with Gasteiger partial charge < -0.3 is 24.3 Å². The molecule has 1 aliphatic rings. The van der Waals surface area contributed by atoms with Crippen LogP contribution in [0.15, 0.2) is 47.3 Å². The molecule has 0 aliphatic carbocycles. The van der Waals surface area contributed by atoms with E-state index in [0.717, 1.165) is 30.1 Å². The lowest BCUT2D eigenvalue weighted by Gasteiger charge is -2.37. The molecular formula is C18H23N3O3. The molecule has 2 amide bonds. The van der Waals surface area contributed by atoms with E-state index in [1.54, 1.807) is 24.5 Å². The number of rotatable bonds is 5. The van der Waals surface area contributed by atoms with Crippen LogP contribution in [0.3, 0.4) is 0 Å². The molecular weight excluding hydrogens is 306 g/mol. The minimum Gasteiger partial charge on any atom is -0.485 e. The van der Waals surface area contributed by atoms with Gasteiger partial charge in [-0.1, -0.05) is 12.1 Å². The first-order valence-corrected chi connectivity index (χ1v) is 8.18. The first-order valence-electron chi connectivity index (χ1n) is 8.18. The number of nitrogens with one attached hydrogen (secondary N) is 1. The standard InChI is InChI=1S/C18H23N3O3/c1-3-21-12-15(24-17-7-5-4-6-16(17)21)11-20(2)18(22)19-10-14-8-9-23-13-14/h4-9,13,15H,3,10-12H2,1-2H3,(H,19,22)/t15-/m0/s1. The van der Waals surface area contributed by atoms with Gasteiger partial charge in [0.1, 0.15) is 11.9 Å². The Morgan fingerprint density at radius 2 is 2.21 bits per heavy atom. The second-order valence-corrected chi connectivity index (χ2v) is 5.92. The average Bonchev–Trinajstić information content (AvgIpc) is 3.12. The van der Waals surface area contributed by atoms with E-state index >= 15 is 0 Å². The van der Waals surface area contributed by atoms with Crippen LogP contribution in [-0.2, 0) is 6.54 Å². The first-order chi connectivity index (χ1) is 11.7. The maximum Gasteiger partial charge on any atom is 0.317 e. The van der Waals surface area contributed by atoms with E-state index in [1.807, 2.05) is 24.3 Å². The van der Waals surface area contributed by atoms with Gasteiger partial charge in [-0.25, -0.2) is 4.79 Å². The molecule has 128 valence electrons. The molecule has 1 aromatic heterocycles. The number of amides is 2. The maximum absolute atomic E-state index is 12.2. The van der Waals surface area contributed by atoms with E-state index in [1.165, 1.54) is 0 Å². The molecule has 6 heteroatoms. The summed E-state index contributed by atoms with van der Waals surface area (Å²) >= 11 is 0. The number of urea groups is 1. The summed E-state index contributed by atoms with van der Waals surface area (Å²) in [5.41, 5.74) is 2.06. The number of hydrogen-bond donors (Lipinski definition) is 1. The fourth-order valence-corrected chi connectivity index (χ4v) is 2.87. The number of benzene rings is 1. The number of furan rings is 1. The summed E-state index contributed by atoms with van der Waals surface area (Å²) < 4.78 is 11.1. The van der Waals surface area contributed by atoms with Crippen LogP contribution in [0.4, 0.5) is 10.5 Å². The van der Waals surface area contributed by atoms with Crippen LogP contribution in [0.25, 0.3) is 0 Å². The molecule has 0 saturated heterocycles. The number of anilines is 1. The predicted octanol–water partition coefficient (Wildman–Crippen LogP) is 2.71. The Morgan fingerprint density at radius 3 is 2.96 bits per heavy atom. The molecule has 2 heterocycles. The normalized spacial score (nSPS) is 16.2. The molecule has 0 unspecified atom stereocenters. The number of likely N-dealkylation sites (N-methyl/N-ethyl adjacent to an activating group) is 2. The van der Waals surface area contributed by atoms with Crippen LogP contribution >= 0.6 is 0 Å². The predicted molar refractivity (Wildman–Crippen MR) is 92.3 cm³/mol. The summed E-state index contributed by atoms with van der Waals surface area (Å²) in [5.74, 6) is 0.878. The summed E-state index contributed by atoms with van der Waals surface area (Å²) in [5, 5.41) is 2.88. The van der Waals surface area contributed by atoms with Crippen molar-refractivity contribution in [1.82, 2.24) is 10.2 Å². The smallest absolute Gasteiger partial charge is 0.317 e. The highest BCUT2D eigenvalue weighted by Gasteiger charge is 2.26. The summed E-state index contributed by atoms with van der Waals surface area (Å²) in [6.45, 7) is 4.79. The van der Waals surface area contributed by atoms with Crippen molar-refractivity contribution in [2.24, 2.45) is 0 Å². The Bertz CT molecular complexity index is 672. The lowest BCUT2D eigenvalue weighted by atomic mass is 10.2. The van der Waals surface area contributed by atoms with Crippen molar-refractivity contribution in [3.05, 3.63) is 48.4 Å². The van der Waals surface area contributed by atoms with E-state index in [4.69, 9.17) is 9.15 Å². The second kappa shape index (κ2) is 7.29. The third-order valence-corrected chi connectivity index (χ3v) is 4.15. The van der Waals surface area contributed by atoms with E-state index < -0.39 is 0 Å². The van der Waals surface area contributed by atoms with Crippen molar-refractivity contribution in [3.63, 3.8) is 0 Å². The van der Waals surface area contributed by atoms with Crippen LogP contribution in [0.1, 0.15) is 12.5 Å². The average molecular weight is 329 g/mol. The third kappa shape index (κ3) is 3.64. The van der Waals surface area contributed by atoms with Gasteiger partial charge >= 0.3 is 6.03 Å². The van der Waals surface area contributed by atoms with Gasteiger partial charge in [0.2, 0.25) is 0 Å². The highest BCUT2D eigenvalue weighted by atomic mass is 16.5. The molecule has 6 nitrogen and oxygen atoms in total. The number of hydrogen-bond acceptors (Lipinski definition) is 4. The molecule has 0 saturated carbocycles. The number of para-hydroxylation sites is 2. The Balaban J connectivity index is 1.56. The number of carbonyl (C=O) groups excluding carboxylic acids is 1.